The van der Waals surface area contributed by atoms with Crippen LogP contribution in [0.25, 0.3) is 0 Å². The Morgan fingerprint density at radius 1 is 1.64 bits per heavy atom. The number of aromatic nitrogens is 1. The van der Waals surface area contributed by atoms with E-state index in [9.17, 15) is 4.79 Å². The lowest BCUT2D eigenvalue weighted by Gasteiger charge is -1.96. The van der Waals surface area contributed by atoms with Crippen molar-refractivity contribution in [2.45, 2.75) is 26.7 Å². The summed E-state index contributed by atoms with van der Waals surface area (Å²) in [6.45, 7) is 3.70. The highest BCUT2D eigenvalue weighted by atomic mass is 16.1. The zero-order valence-corrected chi connectivity index (χ0v) is 6.98. The molecule has 1 aromatic heterocycles. The molecule has 0 aliphatic carbocycles. The minimum absolute atomic E-state index is 0.124. The van der Waals surface area contributed by atoms with E-state index in [1.165, 1.54) is 0 Å². The van der Waals surface area contributed by atoms with Crippen LogP contribution >= 0.6 is 0 Å². The summed E-state index contributed by atoms with van der Waals surface area (Å²) in [5.74, 6) is 0.124. The van der Waals surface area contributed by atoms with Crippen molar-refractivity contribution < 1.29 is 4.79 Å². The maximum Gasteiger partial charge on any atom is 0.176 e. The molecule has 11 heavy (non-hydrogen) atoms. The first-order valence-electron chi connectivity index (χ1n) is 3.93. The van der Waals surface area contributed by atoms with Crippen molar-refractivity contribution in [3.05, 3.63) is 23.5 Å². The van der Waals surface area contributed by atoms with Gasteiger partial charge in [-0.05, 0) is 18.1 Å². The van der Waals surface area contributed by atoms with Gasteiger partial charge in [-0.15, -0.1) is 0 Å². The highest BCUT2D eigenvalue weighted by Crippen LogP contribution is 2.09. The molecule has 0 saturated heterocycles. The van der Waals surface area contributed by atoms with Gasteiger partial charge >= 0.3 is 0 Å². The fraction of sp³-hybridized carbons (Fsp3) is 0.444. The number of aromatic amines is 1. The van der Waals surface area contributed by atoms with Crippen LogP contribution < -0.4 is 0 Å². The van der Waals surface area contributed by atoms with Gasteiger partial charge in [-0.2, -0.15) is 0 Å². The Balaban J connectivity index is 2.87. The number of carbonyl (C=O) groups excluding carboxylic acids is 1. The molecule has 1 N–H and O–H groups in total. The first kappa shape index (κ1) is 8.05. The van der Waals surface area contributed by atoms with Gasteiger partial charge in [0.05, 0.1) is 5.69 Å². The normalized spacial score (nSPS) is 10.0. The van der Waals surface area contributed by atoms with Gasteiger partial charge in [0.25, 0.3) is 0 Å². The molecule has 0 amide bonds. The third-order valence-electron chi connectivity index (χ3n) is 1.70. The number of ketones is 1. The Kier molecular flexibility index (Phi) is 2.47. The Morgan fingerprint density at radius 3 is 2.91 bits per heavy atom. The summed E-state index contributed by atoms with van der Waals surface area (Å²) in [6.07, 6.45) is 3.89. The van der Waals surface area contributed by atoms with Crippen molar-refractivity contribution in [2.24, 2.45) is 0 Å². The number of hydrogen-bond donors (Lipinski definition) is 1. The van der Waals surface area contributed by atoms with Crippen LogP contribution in [0.2, 0.25) is 0 Å². The van der Waals surface area contributed by atoms with Crippen LogP contribution in [0.3, 0.4) is 0 Å². The molecule has 2 nitrogen and oxygen atoms in total. The van der Waals surface area contributed by atoms with Crippen molar-refractivity contribution in [1.82, 2.24) is 4.98 Å². The standard InChI is InChI=1S/C9H13NO/c1-3-4-8-5-6-10-9(8)7(2)11/h5-6,10H,3-4H2,1-2H3. The first-order chi connectivity index (χ1) is 5.25. The molecule has 0 saturated carbocycles. The zero-order valence-electron chi connectivity index (χ0n) is 6.98. The summed E-state index contributed by atoms with van der Waals surface area (Å²) in [4.78, 5) is 13.9. The number of aryl methyl sites for hydroxylation is 1. The second kappa shape index (κ2) is 3.37. The second-order valence-electron chi connectivity index (χ2n) is 2.68. The van der Waals surface area contributed by atoms with Gasteiger partial charge in [-0.1, -0.05) is 13.3 Å². The van der Waals surface area contributed by atoms with Gasteiger partial charge in [0, 0.05) is 13.1 Å². The summed E-state index contributed by atoms with van der Waals surface area (Å²) in [6, 6.07) is 1.97. The largest absolute Gasteiger partial charge is 0.359 e. The summed E-state index contributed by atoms with van der Waals surface area (Å²) >= 11 is 0. The zero-order chi connectivity index (χ0) is 8.27. The predicted octanol–water partition coefficient (Wildman–Crippen LogP) is 2.17. The van der Waals surface area contributed by atoms with Gasteiger partial charge in [0.15, 0.2) is 5.78 Å². The van der Waals surface area contributed by atoms with Crippen LogP contribution in [0.1, 0.15) is 36.3 Å². The van der Waals surface area contributed by atoms with Crippen LogP contribution in [-0.4, -0.2) is 10.8 Å². The molecule has 2 heteroatoms. The number of rotatable bonds is 3. The van der Waals surface area contributed by atoms with Crippen molar-refractivity contribution in [2.75, 3.05) is 0 Å². The number of carbonyl (C=O) groups is 1. The fourth-order valence-corrected chi connectivity index (χ4v) is 1.21. The van der Waals surface area contributed by atoms with Gasteiger partial charge in [-0.3, -0.25) is 4.79 Å². The molecular weight excluding hydrogens is 138 g/mol. The number of H-pyrrole nitrogens is 1. The van der Waals surface area contributed by atoms with Crippen LogP contribution in [0.15, 0.2) is 12.3 Å². The summed E-state index contributed by atoms with van der Waals surface area (Å²) in [5, 5.41) is 0. The van der Waals surface area contributed by atoms with Gasteiger partial charge in [-0.25, -0.2) is 0 Å². The number of Topliss-reactive ketones (excluding diaryl/α,β-unsaturated/α-hetero) is 1. The molecule has 0 aromatic carbocycles. The molecular formula is C9H13NO. The third kappa shape index (κ3) is 1.70. The van der Waals surface area contributed by atoms with E-state index in [2.05, 4.69) is 11.9 Å². The maximum absolute atomic E-state index is 11.0. The van der Waals surface area contributed by atoms with Gasteiger partial charge in [0.1, 0.15) is 0 Å². The molecule has 0 unspecified atom stereocenters. The van der Waals surface area contributed by atoms with Gasteiger partial charge in [0.2, 0.25) is 0 Å². The highest BCUT2D eigenvalue weighted by molar-refractivity contribution is 5.93. The third-order valence-corrected chi connectivity index (χ3v) is 1.70. The van der Waals surface area contributed by atoms with E-state index in [1.807, 2.05) is 12.3 Å². The Morgan fingerprint density at radius 2 is 2.36 bits per heavy atom. The molecule has 1 rings (SSSR count). The predicted molar refractivity (Wildman–Crippen MR) is 44.8 cm³/mol. The molecule has 0 radical (unpaired) electrons. The second-order valence-corrected chi connectivity index (χ2v) is 2.68. The molecule has 0 aliphatic rings. The van der Waals surface area contributed by atoms with Crippen LogP contribution in [0, 0.1) is 0 Å². The highest BCUT2D eigenvalue weighted by Gasteiger charge is 2.05. The van der Waals surface area contributed by atoms with E-state index in [4.69, 9.17) is 0 Å². The van der Waals surface area contributed by atoms with Crippen LogP contribution in [0.4, 0.5) is 0 Å². The molecule has 60 valence electrons. The molecule has 0 bridgehead atoms. The number of hydrogen-bond acceptors (Lipinski definition) is 1. The maximum atomic E-state index is 11.0. The van der Waals surface area contributed by atoms with E-state index in [0.717, 1.165) is 24.1 Å². The fourth-order valence-electron chi connectivity index (χ4n) is 1.21. The lowest BCUT2D eigenvalue weighted by molar-refractivity contribution is 0.101. The first-order valence-corrected chi connectivity index (χ1v) is 3.93. The SMILES string of the molecule is CCCc1cc[nH]c1C(C)=O. The lowest BCUT2D eigenvalue weighted by atomic mass is 10.1. The summed E-state index contributed by atoms with van der Waals surface area (Å²) in [7, 11) is 0. The molecule has 0 spiro atoms. The van der Waals surface area contributed by atoms with E-state index >= 15 is 0 Å². The van der Waals surface area contributed by atoms with E-state index in [1.54, 1.807) is 6.92 Å². The van der Waals surface area contributed by atoms with E-state index in [-0.39, 0.29) is 5.78 Å². The van der Waals surface area contributed by atoms with E-state index < -0.39 is 0 Å². The summed E-state index contributed by atoms with van der Waals surface area (Å²) in [5.41, 5.74) is 1.91. The Labute approximate surface area is 66.6 Å². The molecule has 1 heterocycles. The molecule has 0 atom stereocenters. The van der Waals surface area contributed by atoms with Gasteiger partial charge < -0.3 is 4.98 Å². The monoisotopic (exact) mass is 151 g/mol. The Bertz CT molecular complexity index is 250. The van der Waals surface area contributed by atoms with Crippen LogP contribution in [0.5, 0.6) is 0 Å². The minimum atomic E-state index is 0.124. The summed E-state index contributed by atoms with van der Waals surface area (Å²) < 4.78 is 0. The molecule has 0 aliphatic heterocycles. The lowest BCUT2D eigenvalue weighted by Crippen LogP contribution is -1.97. The minimum Gasteiger partial charge on any atom is -0.359 e. The average Bonchev–Trinajstić information content (AvgIpc) is 2.36. The van der Waals surface area contributed by atoms with E-state index in [0.29, 0.717) is 0 Å². The quantitative estimate of drug-likeness (QED) is 0.660. The molecule has 1 aromatic rings. The topological polar surface area (TPSA) is 32.9 Å². The van der Waals surface area contributed by atoms with Crippen molar-refractivity contribution in [3.63, 3.8) is 0 Å². The van der Waals surface area contributed by atoms with Crippen molar-refractivity contribution in [3.8, 4) is 0 Å². The van der Waals surface area contributed by atoms with Crippen molar-refractivity contribution >= 4 is 5.78 Å². The number of nitrogens with one attached hydrogen (secondary N) is 1. The van der Waals surface area contributed by atoms with Crippen molar-refractivity contribution in [1.29, 1.82) is 0 Å². The van der Waals surface area contributed by atoms with Crippen LogP contribution in [-0.2, 0) is 6.42 Å². The smallest absolute Gasteiger partial charge is 0.176 e. The Hall–Kier alpha value is -1.05. The average molecular weight is 151 g/mol. The molecule has 0 fully saturated rings.